The monoisotopic (exact) mass is 417 g/mol. The molecule has 0 bridgehead atoms. The zero-order chi connectivity index (χ0) is 22.0. The van der Waals surface area contributed by atoms with E-state index in [-0.39, 0.29) is 5.91 Å². The lowest BCUT2D eigenvalue weighted by atomic mass is 10.0. The zero-order valence-electron chi connectivity index (χ0n) is 18.9. The number of nitrogens with zero attached hydrogens (tertiary/aromatic N) is 4. The highest BCUT2D eigenvalue weighted by Crippen LogP contribution is 2.27. The summed E-state index contributed by atoms with van der Waals surface area (Å²) in [6, 6.07) is 9.97. The largest absolute Gasteiger partial charge is 0.336 e. The normalized spacial score (nSPS) is 15.8. The van der Waals surface area contributed by atoms with Crippen molar-refractivity contribution in [2.24, 2.45) is 5.92 Å². The fraction of sp³-hybridized carbons (Fsp3) is 0.400. The third-order valence-corrected chi connectivity index (χ3v) is 5.96. The number of pyridine rings is 1. The maximum atomic E-state index is 13.1. The first-order valence-corrected chi connectivity index (χ1v) is 11.1. The minimum Gasteiger partial charge on any atom is -0.336 e. The van der Waals surface area contributed by atoms with Crippen LogP contribution in [0.3, 0.4) is 0 Å². The van der Waals surface area contributed by atoms with Crippen molar-refractivity contribution in [3.05, 3.63) is 53.9 Å². The molecule has 4 rings (SSSR count). The van der Waals surface area contributed by atoms with Crippen LogP contribution >= 0.6 is 0 Å². The molecule has 1 aromatic carbocycles. The zero-order valence-corrected chi connectivity index (χ0v) is 18.9. The topological polar surface area (TPSA) is 65.1 Å². The van der Waals surface area contributed by atoms with E-state index in [0.717, 1.165) is 66.1 Å². The molecule has 6 heteroatoms. The first kappa shape index (κ1) is 21.2. The van der Waals surface area contributed by atoms with Crippen LogP contribution in [-0.4, -0.2) is 63.6 Å². The molecule has 0 unspecified atom stereocenters. The average Bonchev–Trinajstić information content (AvgIpc) is 3.21. The number of hydrogen-bond donors (Lipinski definition) is 1. The number of piperazine rings is 1. The molecule has 1 aliphatic rings. The molecule has 1 amide bonds. The van der Waals surface area contributed by atoms with Crippen LogP contribution < -0.4 is 0 Å². The summed E-state index contributed by atoms with van der Waals surface area (Å²) in [5.41, 5.74) is 5.51. The number of amides is 1. The van der Waals surface area contributed by atoms with Gasteiger partial charge in [-0.3, -0.25) is 14.8 Å². The van der Waals surface area contributed by atoms with Crippen LogP contribution in [0.25, 0.3) is 27.7 Å². The molecule has 1 N–H and O–H groups in total. The second-order valence-electron chi connectivity index (χ2n) is 8.73. The number of aromatic nitrogens is 3. The van der Waals surface area contributed by atoms with E-state index in [2.05, 4.69) is 53.0 Å². The Bertz CT molecular complexity index is 1110. The smallest absolute Gasteiger partial charge is 0.253 e. The lowest BCUT2D eigenvalue weighted by molar-refractivity contribution is 0.0624. The van der Waals surface area contributed by atoms with Crippen molar-refractivity contribution < 1.29 is 4.79 Å². The van der Waals surface area contributed by atoms with Gasteiger partial charge in [0.1, 0.15) is 0 Å². The summed E-state index contributed by atoms with van der Waals surface area (Å²) in [7, 11) is 0. The lowest BCUT2D eigenvalue weighted by Crippen LogP contribution is -2.49. The van der Waals surface area contributed by atoms with E-state index in [1.54, 1.807) is 0 Å². The van der Waals surface area contributed by atoms with Gasteiger partial charge in [-0.1, -0.05) is 32.1 Å². The van der Waals surface area contributed by atoms with Crippen molar-refractivity contribution in [3.63, 3.8) is 0 Å². The molecule has 2 aromatic heterocycles. The lowest BCUT2D eigenvalue weighted by Gasteiger charge is -2.35. The van der Waals surface area contributed by atoms with Crippen LogP contribution in [0.2, 0.25) is 0 Å². The van der Waals surface area contributed by atoms with Crippen LogP contribution in [-0.2, 0) is 0 Å². The van der Waals surface area contributed by atoms with Crippen molar-refractivity contribution in [1.29, 1.82) is 0 Å². The Labute approximate surface area is 184 Å². The maximum absolute atomic E-state index is 13.1. The Morgan fingerprint density at radius 2 is 1.94 bits per heavy atom. The standard InChI is InChI=1S/C25H31N5O/c1-5-18(4)23-22-14-21(15-26-24(22)28-27-23)19-7-6-8-20(13-19)25(31)30-11-9-29(10-12-30)16-17(2)3/h5-8,13-15,17H,9-12,16H2,1-4H3,(H,26,27,28)/b18-5+. The molecule has 31 heavy (non-hydrogen) atoms. The number of nitrogens with one attached hydrogen (secondary N) is 1. The predicted octanol–water partition coefficient (Wildman–Crippen LogP) is 4.46. The van der Waals surface area contributed by atoms with E-state index >= 15 is 0 Å². The molecule has 0 spiro atoms. The van der Waals surface area contributed by atoms with Gasteiger partial charge in [0, 0.05) is 55.4 Å². The third kappa shape index (κ3) is 4.54. The molecular formula is C25H31N5O. The van der Waals surface area contributed by atoms with Gasteiger partial charge in [0.05, 0.1) is 5.69 Å². The van der Waals surface area contributed by atoms with Gasteiger partial charge in [-0.25, -0.2) is 4.98 Å². The molecule has 1 saturated heterocycles. The van der Waals surface area contributed by atoms with Gasteiger partial charge in [0.2, 0.25) is 0 Å². The average molecular weight is 418 g/mol. The summed E-state index contributed by atoms with van der Waals surface area (Å²) in [6.45, 7) is 13.1. The van der Waals surface area contributed by atoms with Gasteiger partial charge in [-0.15, -0.1) is 0 Å². The first-order valence-electron chi connectivity index (χ1n) is 11.1. The van der Waals surface area contributed by atoms with Crippen LogP contribution in [0.1, 0.15) is 43.7 Å². The second kappa shape index (κ2) is 9.02. The van der Waals surface area contributed by atoms with Crippen LogP contribution in [0.4, 0.5) is 0 Å². The van der Waals surface area contributed by atoms with Crippen molar-refractivity contribution >= 4 is 22.5 Å². The second-order valence-corrected chi connectivity index (χ2v) is 8.73. The van der Waals surface area contributed by atoms with E-state index < -0.39 is 0 Å². The molecule has 3 heterocycles. The molecule has 0 saturated carbocycles. The van der Waals surface area contributed by atoms with Crippen molar-refractivity contribution in [2.45, 2.75) is 27.7 Å². The molecular weight excluding hydrogens is 386 g/mol. The number of hydrogen-bond acceptors (Lipinski definition) is 4. The Hall–Kier alpha value is -2.99. The summed E-state index contributed by atoms with van der Waals surface area (Å²) in [5.74, 6) is 0.756. The molecule has 6 nitrogen and oxygen atoms in total. The molecule has 1 aliphatic heterocycles. The number of fused-ring (bicyclic) bond motifs is 1. The number of benzene rings is 1. The molecule has 162 valence electrons. The van der Waals surface area contributed by atoms with Gasteiger partial charge < -0.3 is 4.90 Å². The molecule has 1 fully saturated rings. The highest BCUT2D eigenvalue weighted by atomic mass is 16.2. The van der Waals surface area contributed by atoms with Crippen LogP contribution in [0.15, 0.2) is 42.6 Å². The molecule has 0 atom stereocenters. The Morgan fingerprint density at radius 3 is 2.65 bits per heavy atom. The number of rotatable bonds is 5. The van der Waals surface area contributed by atoms with Gasteiger partial charge in [0.25, 0.3) is 5.91 Å². The van der Waals surface area contributed by atoms with Gasteiger partial charge in [-0.2, -0.15) is 5.10 Å². The van der Waals surface area contributed by atoms with Crippen molar-refractivity contribution in [2.75, 3.05) is 32.7 Å². The fourth-order valence-corrected chi connectivity index (χ4v) is 4.17. The van der Waals surface area contributed by atoms with Gasteiger partial charge in [0.15, 0.2) is 5.65 Å². The van der Waals surface area contributed by atoms with Gasteiger partial charge in [-0.05, 0) is 49.1 Å². The summed E-state index contributed by atoms with van der Waals surface area (Å²) in [4.78, 5) is 22.1. The minimum atomic E-state index is 0.105. The maximum Gasteiger partial charge on any atom is 0.253 e. The number of carbonyl (C=O) groups is 1. The fourth-order valence-electron chi connectivity index (χ4n) is 4.17. The van der Waals surface area contributed by atoms with E-state index in [1.165, 1.54) is 0 Å². The van der Waals surface area contributed by atoms with Gasteiger partial charge >= 0.3 is 0 Å². The minimum absolute atomic E-state index is 0.105. The summed E-state index contributed by atoms with van der Waals surface area (Å²) in [5, 5.41) is 8.39. The first-order chi connectivity index (χ1) is 15.0. The molecule has 3 aromatic rings. The van der Waals surface area contributed by atoms with Crippen LogP contribution in [0.5, 0.6) is 0 Å². The Morgan fingerprint density at radius 1 is 1.16 bits per heavy atom. The quantitative estimate of drug-likeness (QED) is 0.666. The van der Waals surface area contributed by atoms with E-state index in [9.17, 15) is 4.79 Å². The van der Waals surface area contributed by atoms with E-state index in [4.69, 9.17) is 0 Å². The number of aromatic amines is 1. The van der Waals surface area contributed by atoms with E-state index in [1.807, 2.05) is 42.3 Å². The van der Waals surface area contributed by atoms with E-state index in [0.29, 0.717) is 11.6 Å². The predicted molar refractivity (Wildman–Crippen MR) is 126 cm³/mol. The van der Waals surface area contributed by atoms with Crippen molar-refractivity contribution in [1.82, 2.24) is 25.0 Å². The highest BCUT2D eigenvalue weighted by molar-refractivity contribution is 5.96. The molecule has 0 aliphatic carbocycles. The highest BCUT2D eigenvalue weighted by Gasteiger charge is 2.22. The SMILES string of the molecule is C/C=C(\C)c1[nH]nc2ncc(-c3cccc(C(=O)N4CCN(CC(C)C)CC4)c3)cc12. The Balaban J connectivity index is 1.55. The molecule has 0 radical (unpaired) electrons. The van der Waals surface area contributed by atoms with Crippen molar-refractivity contribution in [3.8, 4) is 11.1 Å². The number of allylic oxidation sites excluding steroid dienone is 2. The summed E-state index contributed by atoms with van der Waals surface area (Å²) < 4.78 is 0. The third-order valence-electron chi connectivity index (χ3n) is 5.96. The number of H-pyrrole nitrogens is 1. The summed E-state index contributed by atoms with van der Waals surface area (Å²) >= 11 is 0. The number of carbonyl (C=O) groups excluding carboxylic acids is 1. The summed E-state index contributed by atoms with van der Waals surface area (Å²) in [6.07, 6.45) is 3.88. The Kier molecular flexibility index (Phi) is 6.18. The van der Waals surface area contributed by atoms with Crippen LogP contribution in [0, 0.1) is 5.92 Å².